The first-order valence-corrected chi connectivity index (χ1v) is 5.18. The van der Waals surface area contributed by atoms with Gasteiger partial charge in [0, 0.05) is 5.56 Å². The molecule has 16 heavy (non-hydrogen) atoms. The molecule has 1 aliphatic heterocycles. The number of rotatable bonds is 1. The Morgan fingerprint density at radius 3 is 2.94 bits per heavy atom. The second-order valence-corrected chi connectivity index (χ2v) is 3.95. The van der Waals surface area contributed by atoms with Crippen LogP contribution in [-0.2, 0) is 4.79 Å². The number of anilines is 1. The molecule has 4 heteroatoms. The molecule has 0 saturated carbocycles. The van der Waals surface area contributed by atoms with E-state index in [1.54, 1.807) is 18.2 Å². The number of hydrogen-bond donors (Lipinski definition) is 1. The van der Waals surface area contributed by atoms with Gasteiger partial charge in [0.25, 0.3) is 0 Å². The summed E-state index contributed by atoms with van der Waals surface area (Å²) in [6.07, 6.45) is 0.175. The topological polar surface area (TPSA) is 55.4 Å². The Bertz CT molecular complexity index is 454. The quantitative estimate of drug-likeness (QED) is 0.735. The summed E-state index contributed by atoms with van der Waals surface area (Å²) in [5.41, 5.74) is 1.14. The molecule has 0 spiro atoms. The number of Topliss-reactive ketones (excluding diaryl/α,β-unsaturated/α-hetero) is 1. The second-order valence-electron chi connectivity index (χ2n) is 3.95. The number of ketones is 1. The van der Waals surface area contributed by atoms with Gasteiger partial charge in [0.1, 0.15) is 11.9 Å². The lowest BCUT2D eigenvalue weighted by Crippen LogP contribution is -2.17. The smallest absolute Gasteiger partial charge is 0.228 e. The molecule has 84 valence electrons. The summed E-state index contributed by atoms with van der Waals surface area (Å²) in [6.45, 7) is 3.33. The first-order chi connectivity index (χ1) is 7.56. The summed E-state index contributed by atoms with van der Waals surface area (Å²) in [7, 11) is 0. The number of benzene rings is 1. The third-order valence-corrected chi connectivity index (χ3v) is 2.46. The van der Waals surface area contributed by atoms with Gasteiger partial charge in [0.2, 0.25) is 5.91 Å². The summed E-state index contributed by atoms with van der Waals surface area (Å²) >= 11 is 0. The standard InChI is InChI=1S/C12H13NO3/c1-7-5-12(15)13-10-6-9(8(2)14)3-4-11(10)16-7/h3-4,6-7H,5H2,1-2H3,(H,13,15). The average molecular weight is 219 g/mol. The van der Waals surface area contributed by atoms with Crippen LogP contribution in [0.15, 0.2) is 18.2 Å². The average Bonchev–Trinajstić information content (AvgIpc) is 2.32. The summed E-state index contributed by atoms with van der Waals surface area (Å²) in [6, 6.07) is 5.06. The van der Waals surface area contributed by atoms with Crippen LogP contribution in [0, 0.1) is 0 Å². The highest BCUT2D eigenvalue weighted by molar-refractivity contribution is 5.98. The van der Waals surface area contributed by atoms with Crippen molar-refractivity contribution in [3.05, 3.63) is 23.8 Å². The van der Waals surface area contributed by atoms with E-state index in [1.165, 1.54) is 6.92 Å². The van der Waals surface area contributed by atoms with Crippen LogP contribution < -0.4 is 10.1 Å². The van der Waals surface area contributed by atoms with Gasteiger partial charge in [-0.1, -0.05) is 0 Å². The Morgan fingerprint density at radius 2 is 2.25 bits per heavy atom. The predicted molar refractivity (Wildman–Crippen MR) is 59.8 cm³/mol. The molecule has 1 aromatic rings. The normalized spacial score (nSPS) is 19.1. The third-order valence-electron chi connectivity index (χ3n) is 2.46. The van der Waals surface area contributed by atoms with Gasteiger partial charge in [-0.05, 0) is 32.0 Å². The van der Waals surface area contributed by atoms with E-state index in [0.717, 1.165) is 0 Å². The zero-order chi connectivity index (χ0) is 11.7. The van der Waals surface area contributed by atoms with Crippen molar-refractivity contribution in [3.8, 4) is 5.75 Å². The Morgan fingerprint density at radius 1 is 1.50 bits per heavy atom. The summed E-state index contributed by atoms with van der Waals surface area (Å²) < 4.78 is 5.57. The molecule has 1 heterocycles. The molecule has 0 aromatic heterocycles. The van der Waals surface area contributed by atoms with Gasteiger partial charge in [-0.3, -0.25) is 9.59 Å². The van der Waals surface area contributed by atoms with Crippen LogP contribution in [0.5, 0.6) is 5.75 Å². The number of carbonyl (C=O) groups is 2. The van der Waals surface area contributed by atoms with Gasteiger partial charge in [-0.15, -0.1) is 0 Å². The van der Waals surface area contributed by atoms with E-state index in [4.69, 9.17) is 4.74 Å². The number of amides is 1. The zero-order valence-electron chi connectivity index (χ0n) is 9.24. The predicted octanol–water partition coefficient (Wildman–Crippen LogP) is 2.00. The summed E-state index contributed by atoms with van der Waals surface area (Å²) in [5.74, 6) is 0.490. The van der Waals surface area contributed by atoms with Gasteiger partial charge >= 0.3 is 0 Å². The molecule has 1 aromatic carbocycles. The maximum Gasteiger partial charge on any atom is 0.228 e. The lowest BCUT2D eigenvalue weighted by molar-refractivity contribution is -0.117. The minimum absolute atomic E-state index is 0.0330. The molecule has 2 rings (SSSR count). The first kappa shape index (κ1) is 10.7. The lowest BCUT2D eigenvalue weighted by Gasteiger charge is -2.11. The third kappa shape index (κ3) is 2.05. The van der Waals surface area contributed by atoms with Gasteiger partial charge in [0.05, 0.1) is 12.1 Å². The maximum atomic E-state index is 11.5. The fraction of sp³-hybridized carbons (Fsp3) is 0.333. The van der Waals surface area contributed by atoms with Gasteiger partial charge < -0.3 is 10.1 Å². The zero-order valence-corrected chi connectivity index (χ0v) is 9.24. The van der Waals surface area contributed by atoms with Crippen LogP contribution in [0.1, 0.15) is 30.6 Å². The van der Waals surface area contributed by atoms with Crippen LogP contribution in [0.4, 0.5) is 5.69 Å². The summed E-state index contributed by atoms with van der Waals surface area (Å²) in [4.78, 5) is 22.7. The number of hydrogen-bond acceptors (Lipinski definition) is 3. The van der Waals surface area contributed by atoms with E-state index in [-0.39, 0.29) is 17.8 Å². The molecular formula is C12H13NO3. The molecule has 1 N–H and O–H groups in total. The molecule has 0 radical (unpaired) electrons. The van der Waals surface area contributed by atoms with Crippen molar-refractivity contribution in [2.75, 3.05) is 5.32 Å². The minimum atomic E-state index is -0.149. The highest BCUT2D eigenvalue weighted by atomic mass is 16.5. The van der Waals surface area contributed by atoms with Crippen molar-refractivity contribution >= 4 is 17.4 Å². The van der Waals surface area contributed by atoms with Gasteiger partial charge in [-0.25, -0.2) is 0 Å². The van der Waals surface area contributed by atoms with E-state index >= 15 is 0 Å². The van der Waals surface area contributed by atoms with Crippen LogP contribution in [0.2, 0.25) is 0 Å². The van der Waals surface area contributed by atoms with E-state index in [9.17, 15) is 9.59 Å². The molecule has 0 aliphatic carbocycles. The Kier molecular flexibility index (Phi) is 2.64. The molecule has 0 saturated heterocycles. The van der Waals surface area contributed by atoms with E-state index in [2.05, 4.69) is 5.32 Å². The van der Waals surface area contributed by atoms with Crippen LogP contribution >= 0.6 is 0 Å². The number of ether oxygens (including phenoxy) is 1. The monoisotopic (exact) mass is 219 g/mol. The number of carbonyl (C=O) groups excluding carboxylic acids is 2. The molecule has 1 amide bonds. The fourth-order valence-corrected chi connectivity index (χ4v) is 1.67. The van der Waals surface area contributed by atoms with Gasteiger partial charge in [-0.2, -0.15) is 0 Å². The van der Waals surface area contributed by atoms with Crippen LogP contribution in [0.25, 0.3) is 0 Å². The fourth-order valence-electron chi connectivity index (χ4n) is 1.67. The van der Waals surface area contributed by atoms with Gasteiger partial charge in [0.15, 0.2) is 5.78 Å². The molecule has 0 bridgehead atoms. The lowest BCUT2D eigenvalue weighted by atomic mass is 10.1. The number of nitrogens with one attached hydrogen (secondary N) is 1. The summed E-state index contributed by atoms with van der Waals surface area (Å²) in [5, 5.41) is 2.73. The molecule has 1 atom stereocenters. The minimum Gasteiger partial charge on any atom is -0.488 e. The van der Waals surface area contributed by atoms with Crippen molar-refractivity contribution < 1.29 is 14.3 Å². The van der Waals surface area contributed by atoms with E-state index < -0.39 is 0 Å². The molecule has 1 unspecified atom stereocenters. The maximum absolute atomic E-state index is 11.5. The Balaban J connectivity index is 2.42. The molecule has 1 aliphatic rings. The van der Waals surface area contributed by atoms with Crippen molar-refractivity contribution in [3.63, 3.8) is 0 Å². The second kappa shape index (κ2) is 3.96. The Hall–Kier alpha value is -1.84. The van der Waals surface area contributed by atoms with Crippen molar-refractivity contribution in [2.24, 2.45) is 0 Å². The SMILES string of the molecule is CC(=O)c1ccc2c(c1)NC(=O)CC(C)O2. The van der Waals surface area contributed by atoms with Crippen molar-refractivity contribution in [1.82, 2.24) is 0 Å². The molecule has 4 nitrogen and oxygen atoms in total. The highest BCUT2D eigenvalue weighted by Crippen LogP contribution is 2.29. The molecular weight excluding hydrogens is 206 g/mol. The molecule has 0 fully saturated rings. The van der Waals surface area contributed by atoms with Crippen molar-refractivity contribution in [2.45, 2.75) is 26.4 Å². The van der Waals surface area contributed by atoms with Crippen LogP contribution in [-0.4, -0.2) is 17.8 Å². The largest absolute Gasteiger partial charge is 0.488 e. The number of fused-ring (bicyclic) bond motifs is 1. The Labute approximate surface area is 93.6 Å². The highest BCUT2D eigenvalue weighted by Gasteiger charge is 2.19. The van der Waals surface area contributed by atoms with Crippen molar-refractivity contribution in [1.29, 1.82) is 0 Å². The van der Waals surface area contributed by atoms with Crippen LogP contribution in [0.3, 0.4) is 0 Å². The van der Waals surface area contributed by atoms with E-state index in [1.807, 2.05) is 6.92 Å². The van der Waals surface area contributed by atoms with E-state index in [0.29, 0.717) is 23.4 Å². The first-order valence-electron chi connectivity index (χ1n) is 5.18.